The van der Waals surface area contributed by atoms with Crippen LogP contribution >= 0.6 is 11.6 Å². The molecule has 0 aromatic heterocycles. The van der Waals surface area contributed by atoms with Crippen LogP contribution in [0.3, 0.4) is 0 Å². The van der Waals surface area contributed by atoms with Crippen LogP contribution in [0, 0.1) is 11.2 Å². The summed E-state index contributed by atoms with van der Waals surface area (Å²) in [4.78, 5) is 42.7. The first-order chi connectivity index (χ1) is 21.0. The molecule has 7 nitrogen and oxygen atoms in total. The first-order valence-electron chi connectivity index (χ1n) is 15.5. The second-order valence-electron chi connectivity index (χ2n) is 13.4. The van der Waals surface area contributed by atoms with Crippen LogP contribution in [0.1, 0.15) is 73.0 Å². The molecule has 2 unspecified atom stereocenters. The first kappa shape index (κ1) is 30.9. The minimum absolute atomic E-state index is 0.0255. The number of alkyl halides is 1. The lowest BCUT2D eigenvalue weighted by Gasteiger charge is -2.42. The van der Waals surface area contributed by atoms with E-state index in [1.807, 2.05) is 17.0 Å². The molecule has 6 rings (SSSR count). The third kappa shape index (κ3) is 6.19. The summed E-state index contributed by atoms with van der Waals surface area (Å²) < 4.78 is 30.3. The Labute approximate surface area is 262 Å². The number of benzene rings is 2. The number of amides is 3. The molecule has 1 N–H and O–H groups in total. The Balaban J connectivity index is 1.14. The number of nitrogens with zero attached hydrogens (tertiary/aromatic N) is 3. The highest BCUT2D eigenvalue weighted by Gasteiger charge is 2.41. The first-order valence-corrected chi connectivity index (χ1v) is 15.8. The van der Waals surface area contributed by atoms with Crippen LogP contribution in [-0.4, -0.2) is 77.4 Å². The van der Waals surface area contributed by atoms with E-state index >= 15 is 4.39 Å². The van der Waals surface area contributed by atoms with Gasteiger partial charge in [-0.1, -0.05) is 49.2 Å². The second kappa shape index (κ2) is 12.3. The van der Waals surface area contributed by atoms with Crippen LogP contribution < -0.4 is 5.32 Å². The number of allylic oxidation sites excluding steroid dienone is 1. The van der Waals surface area contributed by atoms with Gasteiger partial charge in [-0.15, -0.1) is 0 Å². The van der Waals surface area contributed by atoms with Crippen molar-refractivity contribution in [2.45, 2.75) is 71.1 Å². The minimum Gasteiger partial charge on any atom is -0.322 e. The van der Waals surface area contributed by atoms with Gasteiger partial charge < -0.3 is 4.90 Å². The number of fused-ring (bicyclic) bond motifs is 1. The molecule has 10 heteroatoms. The van der Waals surface area contributed by atoms with Crippen LogP contribution in [0.25, 0.3) is 5.57 Å². The number of hydrogen-bond acceptors (Lipinski definition) is 5. The summed E-state index contributed by atoms with van der Waals surface area (Å²) in [6.45, 7) is 6.95. The number of rotatable bonds is 7. The molecular weight excluding hydrogens is 586 g/mol. The zero-order valence-electron chi connectivity index (χ0n) is 25.3. The van der Waals surface area contributed by atoms with Gasteiger partial charge in [0.05, 0.1) is 12.6 Å². The van der Waals surface area contributed by atoms with Gasteiger partial charge in [-0.05, 0) is 60.4 Å². The normalized spacial score (nSPS) is 24.6. The molecule has 3 aliphatic heterocycles. The van der Waals surface area contributed by atoms with Crippen molar-refractivity contribution in [3.8, 4) is 0 Å². The number of piperazine rings is 1. The second-order valence-corrected chi connectivity index (χ2v) is 13.8. The van der Waals surface area contributed by atoms with Gasteiger partial charge in [0, 0.05) is 60.9 Å². The van der Waals surface area contributed by atoms with E-state index in [2.05, 4.69) is 36.2 Å². The smallest absolute Gasteiger partial charge is 0.255 e. The van der Waals surface area contributed by atoms with Gasteiger partial charge in [0.25, 0.3) is 5.91 Å². The fourth-order valence-corrected chi connectivity index (χ4v) is 7.31. The maximum Gasteiger partial charge on any atom is 0.255 e. The lowest BCUT2D eigenvalue weighted by molar-refractivity contribution is -0.136. The Morgan fingerprint density at radius 2 is 1.80 bits per heavy atom. The van der Waals surface area contributed by atoms with Crippen molar-refractivity contribution in [2.24, 2.45) is 5.41 Å². The summed E-state index contributed by atoms with van der Waals surface area (Å²) >= 11 is 6.16. The van der Waals surface area contributed by atoms with Crippen LogP contribution in [0.5, 0.6) is 0 Å². The van der Waals surface area contributed by atoms with Gasteiger partial charge in [0.2, 0.25) is 11.8 Å². The topological polar surface area (TPSA) is 73.0 Å². The van der Waals surface area contributed by atoms with E-state index in [-0.39, 0.29) is 54.4 Å². The van der Waals surface area contributed by atoms with Crippen molar-refractivity contribution < 1.29 is 23.2 Å². The molecule has 0 radical (unpaired) electrons. The Morgan fingerprint density at radius 1 is 1.02 bits per heavy atom. The molecule has 0 bridgehead atoms. The third-order valence-corrected chi connectivity index (χ3v) is 10.0. The summed E-state index contributed by atoms with van der Waals surface area (Å²) in [6.07, 6.45) is 3.45. The molecule has 3 heterocycles. The number of hydrogen-bond donors (Lipinski definition) is 1. The summed E-state index contributed by atoms with van der Waals surface area (Å²) in [5.74, 6) is -1.78. The van der Waals surface area contributed by atoms with E-state index < -0.39 is 30.3 Å². The predicted octanol–water partition coefficient (Wildman–Crippen LogP) is 5.36. The Hall–Kier alpha value is -3.14. The molecule has 2 aromatic carbocycles. The highest BCUT2D eigenvalue weighted by molar-refractivity contribution is 6.30. The molecule has 44 heavy (non-hydrogen) atoms. The molecule has 2 aromatic rings. The number of carbonyl (C=O) groups excluding carboxylic acids is 3. The monoisotopic (exact) mass is 624 g/mol. The van der Waals surface area contributed by atoms with E-state index in [4.69, 9.17) is 11.6 Å². The van der Waals surface area contributed by atoms with E-state index in [9.17, 15) is 18.8 Å². The number of imide groups is 1. The number of nitrogens with one attached hydrogen (secondary N) is 1. The van der Waals surface area contributed by atoms with Crippen molar-refractivity contribution in [3.63, 3.8) is 0 Å². The highest BCUT2D eigenvalue weighted by atomic mass is 35.5. The van der Waals surface area contributed by atoms with Crippen molar-refractivity contribution in [3.05, 3.63) is 75.1 Å². The Morgan fingerprint density at radius 3 is 2.52 bits per heavy atom. The molecule has 3 amide bonds. The van der Waals surface area contributed by atoms with E-state index in [1.54, 1.807) is 12.1 Å². The van der Waals surface area contributed by atoms with Crippen molar-refractivity contribution in [1.29, 1.82) is 0 Å². The lowest BCUT2D eigenvalue weighted by Crippen LogP contribution is -2.54. The number of carbonyl (C=O) groups is 3. The average molecular weight is 625 g/mol. The zero-order valence-corrected chi connectivity index (χ0v) is 26.1. The highest BCUT2D eigenvalue weighted by Crippen LogP contribution is 2.43. The van der Waals surface area contributed by atoms with Gasteiger partial charge in [-0.2, -0.15) is 0 Å². The molecule has 2 atom stereocenters. The largest absolute Gasteiger partial charge is 0.322 e. The Bertz CT molecular complexity index is 1510. The molecular formula is C34H39ClF2N4O3. The average Bonchev–Trinajstić information content (AvgIpc) is 3.33. The van der Waals surface area contributed by atoms with Gasteiger partial charge in [-0.25, -0.2) is 8.78 Å². The molecule has 234 valence electrons. The summed E-state index contributed by atoms with van der Waals surface area (Å²) in [6, 6.07) is 10.1. The van der Waals surface area contributed by atoms with Crippen LogP contribution in [-0.2, 0) is 22.7 Å². The Kier molecular flexibility index (Phi) is 8.65. The van der Waals surface area contributed by atoms with Gasteiger partial charge in [-0.3, -0.25) is 29.5 Å². The van der Waals surface area contributed by atoms with E-state index in [0.29, 0.717) is 23.7 Å². The van der Waals surface area contributed by atoms with Crippen LogP contribution in [0.2, 0.25) is 5.02 Å². The van der Waals surface area contributed by atoms with E-state index in [0.717, 1.165) is 32.4 Å². The fourth-order valence-electron chi connectivity index (χ4n) is 7.18. The van der Waals surface area contributed by atoms with Crippen LogP contribution in [0.4, 0.5) is 8.78 Å². The van der Waals surface area contributed by atoms with Gasteiger partial charge in [0.1, 0.15) is 18.5 Å². The quantitative estimate of drug-likeness (QED) is 0.420. The molecule has 2 saturated heterocycles. The maximum atomic E-state index is 15.8. The lowest BCUT2D eigenvalue weighted by atomic mass is 9.72. The maximum absolute atomic E-state index is 15.8. The molecule has 0 spiro atoms. The molecule has 4 aliphatic rings. The third-order valence-electron chi connectivity index (χ3n) is 9.76. The number of piperidine rings is 1. The summed E-state index contributed by atoms with van der Waals surface area (Å²) in [5, 5.41) is 2.98. The van der Waals surface area contributed by atoms with E-state index in [1.165, 1.54) is 21.6 Å². The summed E-state index contributed by atoms with van der Waals surface area (Å²) in [7, 11) is 0. The summed E-state index contributed by atoms with van der Waals surface area (Å²) in [5.41, 5.74) is 5.07. The molecule has 2 fully saturated rings. The van der Waals surface area contributed by atoms with Gasteiger partial charge >= 0.3 is 0 Å². The predicted molar refractivity (Wildman–Crippen MR) is 165 cm³/mol. The zero-order chi connectivity index (χ0) is 31.2. The van der Waals surface area contributed by atoms with Crippen LogP contribution in [0.15, 0.2) is 42.0 Å². The minimum atomic E-state index is -0.801. The SMILES string of the molecule is CC1(C)CCC(CN2CCN(Cc3ccc4c(c3F)CN(C3CCC(=O)NC3=O)C4=O)C(CF)C2)=C(c2ccc(Cl)cc2)C1. The van der Waals surface area contributed by atoms with Gasteiger partial charge in [0.15, 0.2) is 0 Å². The fraction of sp³-hybridized carbons (Fsp3) is 0.500. The van der Waals surface area contributed by atoms with Crippen molar-refractivity contribution in [1.82, 2.24) is 20.0 Å². The van der Waals surface area contributed by atoms with Crippen molar-refractivity contribution >= 4 is 34.9 Å². The number of halogens is 3. The standard InChI is InChI=1S/C34H39ClF2N4O3/c1-34(2)12-11-22(27(15-34)21-3-6-24(35)7-4-21)17-39-13-14-40(25(16-36)19-39)18-23-5-8-26-28(31(23)37)20-41(33(26)44)29-9-10-30(42)38-32(29)43/h3-8,25,29H,9-20H2,1-2H3,(H,38,42,43). The van der Waals surface area contributed by atoms with Crippen molar-refractivity contribution in [2.75, 3.05) is 32.9 Å². The molecule has 0 saturated carbocycles. The molecule has 1 aliphatic carbocycles.